The molecule has 1 unspecified atom stereocenters. The van der Waals surface area contributed by atoms with Crippen LogP contribution in [0.4, 0.5) is 8.78 Å². The van der Waals surface area contributed by atoms with Crippen molar-refractivity contribution in [1.82, 2.24) is 10.2 Å². The van der Waals surface area contributed by atoms with E-state index < -0.39 is 0 Å². The van der Waals surface area contributed by atoms with Gasteiger partial charge in [0.25, 0.3) is 0 Å². The van der Waals surface area contributed by atoms with Crippen molar-refractivity contribution in [3.63, 3.8) is 0 Å². The van der Waals surface area contributed by atoms with Gasteiger partial charge in [-0.25, -0.2) is 8.78 Å². The van der Waals surface area contributed by atoms with Crippen molar-refractivity contribution in [3.8, 4) is 0 Å². The minimum absolute atomic E-state index is 0.177. The van der Waals surface area contributed by atoms with Crippen molar-refractivity contribution in [1.29, 1.82) is 0 Å². The van der Waals surface area contributed by atoms with E-state index in [2.05, 4.69) is 15.2 Å². The third-order valence-corrected chi connectivity index (χ3v) is 6.39. The van der Waals surface area contributed by atoms with Crippen LogP contribution in [-0.2, 0) is 19.4 Å². The summed E-state index contributed by atoms with van der Waals surface area (Å²) in [6, 6.07) is 12.1. The summed E-state index contributed by atoms with van der Waals surface area (Å²) in [5, 5.41) is 4.69. The van der Waals surface area contributed by atoms with E-state index in [4.69, 9.17) is 0 Å². The maximum Gasteiger partial charge on any atom is 0.123 e. The van der Waals surface area contributed by atoms with E-state index in [1.807, 2.05) is 30.0 Å². The number of benzene rings is 2. The molecule has 1 N–H and O–H groups in total. The van der Waals surface area contributed by atoms with Crippen LogP contribution in [0.15, 0.2) is 47.5 Å². The van der Waals surface area contributed by atoms with E-state index in [0.29, 0.717) is 0 Å². The third kappa shape index (κ3) is 4.99. The van der Waals surface area contributed by atoms with Gasteiger partial charge < -0.3 is 5.32 Å². The van der Waals surface area contributed by atoms with Crippen molar-refractivity contribution in [2.24, 2.45) is 4.99 Å². The molecule has 0 saturated heterocycles. The first-order chi connectivity index (χ1) is 13.7. The Bertz CT molecular complexity index is 838. The topological polar surface area (TPSA) is 27.6 Å². The Kier molecular flexibility index (Phi) is 6.40. The minimum Gasteiger partial charge on any atom is -0.309 e. The average molecular weight is 402 g/mol. The van der Waals surface area contributed by atoms with Gasteiger partial charge in [0.2, 0.25) is 0 Å². The second kappa shape index (κ2) is 9.16. The van der Waals surface area contributed by atoms with Gasteiger partial charge in [-0.3, -0.25) is 9.89 Å². The van der Waals surface area contributed by atoms with Gasteiger partial charge in [-0.1, -0.05) is 18.2 Å². The van der Waals surface area contributed by atoms with Gasteiger partial charge in [-0.05, 0) is 53.8 Å². The van der Waals surface area contributed by atoms with Crippen molar-refractivity contribution >= 4 is 16.8 Å². The molecule has 1 atom stereocenters. The van der Waals surface area contributed by atoms with E-state index in [1.54, 1.807) is 12.1 Å². The molecule has 4 rings (SSSR count). The molecule has 2 heterocycles. The van der Waals surface area contributed by atoms with Crippen LogP contribution >= 0.6 is 11.8 Å². The Labute approximate surface area is 169 Å². The predicted octanol–water partition coefficient (Wildman–Crippen LogP) is 3.67. The van der Waals surface area contributed by atoms with E-state index in [1.165, 1.54) is 22.7 Å². The number of hydrogen-bond donors (Lipinski definition) is 1. The molecule has 3 nitrogen and oxygen atoms in total. The molecule has 0 aromatic heterocycles. The van der Waals surface area contributed by atoms with Crippen molar-refractivity contribution in [2.75, 3.05) is 31.9 Å². The van der Waals surface area contributed by atoms with Crippen molar-refractivity contribution in [2.45, 2.75) is 25.4 Å². The number of rotatable bonds is 7. The van der Waals surface area contributed by atoms with Crippen LogP contribution in [0.3, 0.4) is 0 Å². The first-order valence-corrected chi connectivity index (χ1v) is 10.8. The normalized spacial score (nSPS) is 19.5. The predicted molar refractivity (Wildman–Crippen MR) is 112 cm³/mol. The van der Waals surface area contributed by atoms with Gasteiger partial charge in [0, 0.05) is 44.5 Å². The summed E-state index contributed by atoms with van der Waals surface area (Å²) in [5.41, 5.74) is 3.40. The molecule has 0 bridgehead atoms. The summed E-state index contributed by atoms with van der Waals surface area (Å²) in [5.74, 6) is 0.703. The summed E-state index contributed by atoms with van der Waals surface area (Å²) in [6.07, 6.45) is 1.64. The summed E-state index contributed by atoms with van der Waals surface area (Å²) < 4.78 is 27.0. The monoisotopic (exact) mass is 401 g/mol. The molecule has 0 fully saturated rings. The largest absolute Gasteiger partial charge is 0.309 e. The van der Waals surface area contributed by atoms with E-state index in [-0.39, 0.29) is 17.7 Å². The number of nitrogens with zero attached hydrogens (tertiary/aromatic N) is 2. The average Bonchev–Trinajstić information content (AvgIpc) is 3.21. The second-order valence-corrected chi connectivity index (χ2v) is 8.54. The van der Waals surface area contributed by atoms with Gasteiger partial charge in [0.1, 0.15) is 11.6 Å². The molecule has 2 aliphatic heterocycles. The van der Waals surface area contributed by atoms with Crippen LogP contribution in [-0.4, -0.2) is 47.9 Å². The molecule has 0 radical (unpaired) electrons. The highest BCUT2D eigenvalue weighted by atomic mass is 32.2. The van der Waals surface area contributed by atoms with Gasteiger partial charge in [-0.2, -0.15) is 0 Å². The van der Waals surface area contributed by atoms with Crippen LogP contribution in [0.2, 0.25) is 0 Å². The van der Waals surface area contributed by atoms with Gasteiger partial charge in [0.15, 0.2) is 0 Å². The van der Waals surface area contributed by atoms with Gasteiger partial charge in [-0.15, -0.1) is 11.8 Å². The van der Waals surface area contributed by atoms with Crippen LogP contribution in [0.5, 0.6) is 0 Å². The fourth-order valence-corrected chi connectivity index (χ4v) is 4.73. The molecule has 0 spiro atoms. The number of halogens is 2. The Morgan fingerprint density at radius 1 is 1.07 bits per heavy atom. The van der Waals surface area contributed by atoms with E-state index >= 15 is 0 Å². The van der Waals surface area contributed by atoms with Crippen molar-refractivity contribution < 1.29 is 8.78 Å². The highest BCUT2D eigenvalue weighted by Gasteiger charge is 2.26. The Morgan fingerprint density at radius 3 is 2.68 bits per heavy atom. The zero-order valence-electron chi connectivity index (χ0n) is 15.8. The number of thioether (sulfide) groups is 1. The molecular formula is C22H25F2N3S. The van der Waals surface area contributed by atoms with Crippen LogP contribution in [0, 0.1) is 11.6 Å². The molecule has 0 saturated carbocycles. The smallest absolute Gasteiger partial charge is 0.123 e. The Morgan fingerprint density at radius 2 is 1.89 bits per heavy atom. The molecule has 0 amide bonds. The fraction of sp³-hybridized carbons (Fsp3) is 0.409. The molecule has 2 aromatic rings. The third-order valence-electron chi connectivity index (χ3n) is 5.40. The minimum atomic E-state index is -0.214. The second-order valence-electron chi connectivity index (χ2n) is 7.37. The number of fused-ring (bicyclic) bond motifs is 1. The zero-order valence-corrected chi connectivity index (χ0v) is 16.7. The summed E-state index contributed by atoms with van der Waals surface area (Å²) >= 11 is 1.83. The first-order valence-electron chi connectivity index (χ1n) is 9.80. The van der Waals surface area contributed by atoms with E-state index in [9.17, 15) is 8.78 Å². The number of aliphatic imine (C=N–C) groups is 1. The van der Waals surface area contributed by atoms with E-state index in [0.717, 1.165) is 62.4 Å². The Hall–Kier alpha value is -1.76. The summed E-state index contributed by atoms with van der Waals surface area (Å²) in [7, 11) is 0. The molecule has 2 aliphatic rings. The molecule has 148 valence electrons. The highest BCUT2D eigenvalue weighted by molar-refractivity contribution is 8.14. The van der Waals surface area contributed by atoms with Gasteiger partial charge >= 0.3 is 0 Å². The number of nitrogens with one attached hydrogen (secondary N) is 1. The molecule has 6 heteroatoms. The van der Waals surface area contributed by atoms with Crippen LogP contribution < -0.4 is 5.32 Å². The lowest BCUT2D eigenvalue weighted by Gasteiger charge is -2.37. The standard InChI is InChI=1S/C22H25F2N3S/c23-19-4-1-16(2-5-19)11-21-13-18-12-20(24)6-3-17(18)15-27(21)9-7-25-14-22-26-8-10-28-22/h1-6,12,21,25H,7-11,13-15H2. The quantitative estimate of drug-likeness (QED) is 0.718. The fourth-order valence-electron chi connectivity index (χ4n) is 3.93. The SMILES string of the molecule is Fc1ccc(CC2Cc3cc(F)ccc3CN2CCNCC2=NCCS2)cc1. The maximum atomic E-state index is 13.7. The molecule has 2 aromatic carbocycles. The summed E-state index contributed by atoms with van der Waals surface area (Å²) in [4.78, 5) is 6.93. The lowest BCUT2D eigenvalue weighted by molar-refractivity contribution is 0.171. The lowest BCUT2D eigenvalue weighted by Crippen LogP contribution is -2.45. The van der Waals surface area contributed by atoms with Crippen molar-refractivity contribution in [3.05, 3.63) is 70.8 Å². The maximum absolute atomic E-state index is 13.7. The van der Waals surface area contributed by atoms with Crippen LogP contribution in [0.1, 0.15) is 16.7 Å². The first kappa shape index (κ1) is 19.6. The lowest BCUT2D eigenvalue weighted by atomic mass is 9.90. The van der Waals surface area contributed by atoms with Gasteiger partial charge in [0.05, 0.1) is 5.04 Å². The number of hydrogen-bond acceptors (Lipinski definition) is 4. The summed E-state index contributed by atoms with van der Waals surface area (Å²) in [6.45, 7) is 4.39. The molecule has 0 aliphatic carbocycles. The molecular weight excluding hydrogens is 376 g/mol. The van der Waals surface area contributed by atoms with Crippen LogP contribution in [0.25, 0.3) is 0 Å². The molecule has 28 heavy (non-hydrogen) atoms. The zero-order chi connectivity index (χ0) is 19.3. The highest BCUT2D eigenvalue weighted by Crippen LogP contribution is 2.26. The Balaban J connectivity index is 1.42.